The molecule has 1 aromatic carbocycles. The van der Waals surface area contributed by atoms with Gasteiger partial charge in [0.2, 0.25) is 0 Å². The molecule has 0 saturated heterocycles. The van der Waals surface area contributed by atoms with Crippen LogP contribution in [0.1, 0.15) is 10.4 Å². The molecule has 0 aromatic heterocycles. The lowest BCUT2D eigenvalue weighted by molar-refractivity contribution is -0.326. The summed E-state index contributed by atoms with van der Waals surface area (Å²) in [5.41, 5.74) is 5.95. The van der Waals surface area contributed by atoms with Crippen LogP contribution in [0.3, 0.4) is 0 Å². The highest BCUT2D eigenvalue weighted by atomic mass is 19.4. The predicted molar refractivity (Wildman–Crippen MR) is 59.7 cm³/mol. The van der Waals surface area contributed by atoms with Crippen LogP contribution in [0.15, 0.2) is 18.2 Å². The van der Waals surface area contributed by atoms with E-state index in [4.69, 9.17) is 10.5 Å². The third-order valence-corrected chi connectivity index (χ3v) is 2.03. The predicted octanol–water partition coefficient (Wildman–Crippen LogP) is 1.97. The zero-order valence-electron chi connectivity index (χ0n) is 9.99. The molecule has 0 aliphatic rings. The first-order chi connectivity index (χ1) is 8.83. The molecule has 0 unspecified atom stereocenters. The fraction of sp³-hybridized carbons (Fsp3) is 0.364. The van der Waals surface area contributed by atoms with E-state index in [9.17, 15) is 18.0 Å². The monoisotopic (exact) mass is 279 g/mol. The molecule has 0 bridgehead atoms. The number of ether oxygens (including phenoxy) is 3. The van der Waals surface area contributed by atoms with E-state index in [1.165, 1.54) is 25.3 Å². The van der Waals surface area contributed by atoms with Crippen LogP contribution in [0.5, 0.6) is 5.75 Å². The van der Waals surface area contributed by atoms with Gasteiger partial charge in [0.15, 0.2) is 0 Å². The highest BCUT2D eigenvalue weighted by Crippen LogP contribution is 2.22. The van der Waals surface area contributed by atoms with Crippen LogP contribution < -0.4 is 10.5 Å². The lowest BCUT2D eigenvalue weighted by Crippen LogP contribution is -2.19. The van der Waals surface area contributed by atoms with Crippen molar-refractivity contribution in [3.05, 3.63) is 23.8 Å². The lowest BCUT2D eigenvalue weighted by Gasteiger charge is -2.10. The molecule has 106 valence electrons. The Morgan fingerprint density at radius 2 is 2.00 bits per heavy atom. The largest absolute Gasteiger partial charge is 0.522 e. The van der Waals surface area contributed by atoms with E-state index in [1.54, 1.807) is 0 Å². The summed E-state index contributed by atoms with van der Waals surface area (Å²) in [7, 11) is 1.33. The molecular formula is C11H12F3NO4. The Hall–Kier alpha value is -1.96. The number of hydrogen-bond acceptors (Lipinski definition) is 5. The lowest BCUT2D eigenvalue weighted by atomic mass is 10.2. The van der Waals surface area contributed by atoms with Crippen molar-refractivity contribution in [2.24, 2.45) is 0 Å². The minimum absolute atomic E-state index is 0.0729. The first-order valence-electron chi connectivity index (χ1n) is 5.15. The number of esters is 1. The number of alkyl halides is 3. The van der Waals surface area contributed by atoms with E-state index in [2.05, 4.69) is 9.47 Å². The fourth-order valence-corrected chi connectivity index (χ4v) is 1.25. The summed E-state index contributed by atoms with van der Waals surface area (Å²) in [6.45, 7) is -1.29. The van der Waals surface area contributed by atoms with Crippen molar-refractivity contribution in [2.45, 2.75) is 6.36 Å². The van der Waals surface area contributed by atoms with Gasteiger partial charge >= 0.3 is 12.3 Å². The summed E-state index contributed by atoms with van der Waals surface area (Å²) in [4.78, 5) is 11.6. The van der Waals surface area contributed by atoms with Gasteiger partial charge in [-0.15, -0.1) is 13.2 Å². The maximum absolute atomic E-state index is 11.7. The van der Waals surface area contributed by atoms with Crippen LogP contribution in [0.4, 0.5) is 18.9 Å². The SMILES string of the molecule is COc1cc(N)ccc1C(=O)OCCOC(F)(F)F. The molecule has 0 atom stereocenters. The number of benzene rings is 1. The summed E-state index contributed by atoms with van der Waals surface area (Å²) in [6.07, 6.45) is -4.74. The van der Waals surface area contributed by atoms with Gasteiger partial charge in [-0.05, 0) is 12.1 Å². The third-order valence-electron chi connectivity index (χ3n) is 2.03. The van der Waals surface area contributed by atoms with Gasteiger partial charge in [0.25, 0.3) is 0 Å². The molecule has 0 spiro atoms. The van der Waals surface area contributed by atoms with Crippen molar-refractivity contribution in [1.82, 2.24) is 0 Å². The minimum Gasteiger partial charge on any atom is -0.496 e. The van der Waals surface area contributed by atoms with Gasteiger partial charge in [-0.1, -0.05) is 0 Å². The van der Waals surface area contributed by atoms with Gasteiger partial charge in [0.1, 0.15) is 17.9 Å². The third kappa shape index (κ3) is 5.04. The van der Waals surface area contributed by atoms with Gasteiger partial charge in [0, 0.05) is 11.8 Å². The molecule has 0 amide bonds. The normalized spacial score (nSPS) is 11.2. The molecule has 0 radical (unpaired) electrons. The van der Waals surface area contributed by atoms with Crippen LogP contribution in [0.2, 0.25) is 0 Å². The summed E-state index contributed by atoms with van der Waals surface area (Å²) >= 11 is 0. The highest BCUT2D eigenvalue weighted by Gasteiger charge is 2.28. The number of rotatable bonds is 5. The molecule has 1 rings (SSSR count). The molecule has 8 heteroatoms. The number of halogens is 3. The number of anilines is 1. The van der Waals surface area contributed by atoms with E-state index in [1.807, 2.05) is 0 Å². The van der Waals surface area contributed by atoms with Crippen LogP contribution in [-0.4, -0.2) is 32.7 Å². The highest BCUT2D eigenvalue weighted by molar-refractivity contribution is 5.93. The zero-order chi connectivity index (χ0) is 14.5. The van der Waals surface area contributed by atoms with Crippen molar-refractivity contribution >= 4 is 11.7 Å². The van der Waals surface area contributed by atoms with Gasteiger partial charge in [-0.3, -0.25) is 4.74 Å². The minimum atomic E-state index is -4.74. The van der Waals surface area contributed by atoms with Crippen molar-refractivity contribution in [1.29, 1.82) is 0 Å². The maximum Gasteiger partial charge on any atom is 0.522 e. The molecule has 0 fully saturated rings. The van der Waals surface area contributed by atoms with Crippen LogP contribution in [0.25, 0.3) is 0 Å². The summed E-state index contributed by atoms with van der Waals surface area (Å²) in [5, 5.41) is 0. The molecule has 0 aliphatic heterocycles. The molecule has 1 aromatic rings. The molecule has 0 saturated carbocycles. The zero-order valence-corrected chi connectivity index (χ0v) is 9.99. The van der Waals surface area contributed by atoms with Gasteiger partial charge in [-0.25, -0.2) is 4.79 Å². The average molecular weight is 279 g/mol. The molecule has 5 nitrogen and oxygen atoms in total. The second-order valence-electron chi connectivity index (χ2n) is 3.39. The number of nitrogens with two attached hydrogens (primary N) is 1. The van der Waals surface area contributed by atoms with Crippen molar-refractivity contribution < 1.29 is 32.2 Å². The van der Waals surface area contributed by atoms with E-state index < -0.39 is 25.5 Å². The summed E-state index contributed by atoms with van der Waals surface area (Å²) in [5.74, 6) is -0.635. The van der Waals surface area contributed by atoms with Crippen LogP contribution in [-0.2, 0) is 9.47 Å². The summed E-state index contributed by atoms with van der Waals surface area (Å²) in [6, 6.07) is 4.22. The molecule has 0 aliphatic carbocycles. The van der Waals surface area contributed by atoms with Crippen LogP contribution >= 0.6 is 0 Å². The Kier molecular flexibility index (Phi) is 4.99. The quantitative estimate of drug-likeness (QED) is 0.507. The first-order valence-corrected chi connectivity index (χ1v) is 5.15. The Labute approximate surface area is 107 Å². The number of carbonyl (C=O) groups excluding carboxylic acids is 1. The standard InChI is InChI=1S/C11H12F3NO4/c1-17-9-6-7(15)2-3-8(9)10(16)18-4-5-19-11(12,13)14/h2-3,6H,4-5,15H2,1H3. The maximum atomic E-state index is 11.7. The second-order valence-corrected chi connectivity index (χ2v) is 3.39. The van der Waals surface area contributed by atoms with Crippen molar-refractivity contribution in [3.63, 3.8) is 0 Å². The second kappa shape index (κ2) is 6.28. The van der Waals surface area contributed by atoms with E-state index in [0.29, 0.717) is 5.69 Å². The Balaban J connectivity index is 2.54. The topological polar surface area (TPSA) is 70.8 Å². The molecule has 19 heavy (non-hydrogen) atoms. The smallest absolute Gasteiger partial charge is 0.496 e. The number of carbonyl (C=O) groups is 1. The van der Waals surface area contributed by atoms with Gasteiger partial charge in [-0.2, -0.15) is 0 Å². The molecule has 2 N–H and O–H groups in total. The Morgan fingerprint density at radius 3 is 2.58 bits per heavy atom. The number of hydrogen-bond donors (Lipinski definition) is 1. The van der Waals surface area contributed by atoms with Crippen LogP contribution in [0, 0.1) is 0 Å². The molecule has 0 heterocycles. The Morgan fingerprint density at radius 1 is 1.32 bits per heavy atom. The van der Waals surface area contributed by atoms with E-state index in [-0.39, 0.29) is 11.3 Å². The van der Waals surface area contributed by atoms with Gasteiger partial charge in [0.05, 0.1) is 13.7 Å². The van der Waals surface area contributed by atoms with E-state index >= 15 is 0 Å². The van der Waals surface area contributed by atoms with E-state index in [0.717, 1.165) is 0 Å². The summed E-state index contributed by atoms with van der Waals surface area (Å²) < 4.78 is 48.0. The van der Waals surface area contributed by atoms with Crippen molar-refractivity contribution in [3.8, 4) is 5.75 Å². The average Bonchev–Trinajstić information content (AvgIpc) is 2.33. The number of methoxy groups -OCH3 is 1. The fourth-order valence-electron chi connectivity index (χ4n) is 1.25. The number of nitrogen functional groups attached to an aromatic ring is 1. The molecular weight excluding hydrogens is 267 g/mol. The first kappa shape index (κ1) is 15.1. The van der Waals surface area contributed by atoms with Crippen molar-refractivity contribution in [2.75, 3.05) is 26.1 Å². The van der Waals surface area contributed by atoms with Gasteiger partial charge < -0.3 is 15.2 Å². The Bertz CT molecular complexity index is 448.